The SMILES string of the molecule is O=C1Nc2ccc(Cl)cc2C1NCCC1=CCCCC1. The van der Waals surface area contributed by atoms with Crippen LogP contribution in [0.15, 0.2) is 29.8 Å². The number of hydrogen-bond donors (Lipinski definition) is 2. The van der Waals surface area contributed by atoms with Gasteiger partial charge in [-0.05, 0) is 56.8 Å². The first-order valence-corrected chi connectivity index (χ1v) is 7.63. The summed E-state index contributed by atoms with van der Waals surface area (Å²) in [6.07, 6.45) is 8.41. The zero-order valence-corrected chi connectivity index (χ0v) is 12.2. The second-order valence-electron chi connectivity index (χ2n) is 5.47. The first kappa shape index (κ1) is 13.7. The van der Waals surface area contributed by atoms with Crippen molar-refractivity contribution in [3.05, 3.63) is 40.4 Å². The highest BCUT2D eigenvalue weighted by atomic mass is 35.5. The van der Waals surface area contributed by atoms with Crippen LogP contribution in [0.3, 0.4) is 0 Å². The predicted molar refractivity (Wildman–Crippen MR) is 82.0 cm³/mol. The molecule has 0 aromatic heterocycles. The van der Waals surface area contributed by atoms with Crippen molar-refractivity contribution in [2.24, 2.45) is 0 Å². The molecular weight excluding hydrogens is 272 g/mol. The van der Waals surface area contributed by atoms with Crippen LogP contribution in [-0.2, 0) is 4.79 Å². The first-order valence-electron chi connectivity index (χ1n) is 7.25. The van der Waals surface area contributed by atoms with E-state index in [1.165, 1.54) is 31.3 Å². The molecule has 1 amide bonds. The summed E-state index contributed by atoms with van der Waals surface area (Å²) in [5.74, 6) is 0.0138. The lowest BCUT2D eigenvalue weighted by molar-refractivity contribution is -0.117. The topological polar surface area (TPSA) is 41.1 Å². The van der Waals surface area contributed by atoms with Gasteiger partial charge in [-0.25, -0.2) is 0 Å². The maximum atomic E-state index is 12.0. The Morgan fingerprint density at radius 1 is 1.35 bits per heavy atom. The summed E-state index contributed by atoms with van der Waals surface area (Å²) in [5.41, 5.74) is 3.35. The van der Waals surface area contributed by atoms with Crippen molar-refractivity contribution in [2.75, 3.05) is 11.9 Å². The van der Waals surface area contributed by atoms with Gasteiger partial charge in [0.1, 0.15) is 6.04 Å². The molecule has 3 rings (SSSR count). The lowest BCUT2D eigenvalue weighted by Crippen LogP contribution is -2.28. The Hall–Kier alpha value is -1.32. The third-order valence-corrected chi connectivity index (χ3v) is 4.26. The van der Waals surface area contributed by atoms with Crippen molar-refractivity contribution in [1.82, 2.24) is 5.32 Å². The Morgan fingerprint density at radius 3 is 3.05 bits per heavy atom. The van der Waals surface area contributed by atoms with Crippen LogP contribution in [0, 0.1) is 0 Å². The molecule has 20 heavy (non-hydrogen) atoms. The fraction of sp³-hybridized carbons (Fsp3) is 0.438. The van der Waals surface area contributed by atoms with Gasteiger partial charge in [-0.15, -0.1) is 0 Å². The third-order valence-electron chi connectivity index (χ3n) is 4.02. The highest BCUT2D eigenvalue weighted by Gasteiger charge is 2.29. The third kappa shape index (κ3) is 2.89. The number of carbonyl (C=O) groups excluding carboxylic acids is 1. The monoisotopic (exact) mass is 290 g/mol. The van der Waals surface area contributed by atoms with Gasteiger partial charge in [0.2, 0.25) is 5.91 Å². The number of nitrogens with one attached hydrogen (secondary N) is 2. The van der Waals surface area contributed by atoms with Gasteiger partial charge >= 0.3 is 0 Å². The van der Waals surface area contributed by atoms with Crippen molar-refractivity contribution >= 4 is 23.2 Å². The van der Waals surface area contributed by atoms with E-state index in [4.69, 9.17) is 11.6 Å². The molecule has 2 aliphatic rings. The molecule has 4 heteroatoms. The number of carbonyl (C=O) groups is 1. The number of halogens is 1. The van der Waals surface area contributed by atoms with Gasteiger partial charge in [-0.3, -0.25) is 4.79 Å². The summed E-state index contributed by atoms with van der Waals surface area (Å²) >= 11 is 6.02. The van der Waals surface area contributed by atoms with Crippen LogP contribution in [0.5, 0.6) is 0 Å². The molecule has 1 aliphatic carbocycles. The van der Waals surface area contributed by atoms with E-state index in [0.29, 0.717) is 5.02 Å². The van der Waals surface area contributed by atoms with Crippen molar-refractivity contribution in [1.29, 1.82) is 0 Å². The van der Waals surface area contributed by atoms with Gasteiger partial charge in [0.25, 0.3) is 0 Å². The molecular formula is C16H19ClN2O. The van der Waals surface area contributed by atoms with E-state index in [1.807, 2.05) is 12.1 Å². The van der Waals surface area contributed by atoms with E-state index in [9.17, 15) is 4.79 Å². The Balaban J connectivity index is 1.62. The summed E-state index contributed by atoms with van der Waals surface area (Å²) in [7, 11) is 0. The van der Waals surface area contributed by atoms with Gasteiger partial charge in [0.05, 0.1) is 0 Å². The van der Waals surface area contributed by atoms with Crippen molar-refractivity contribution in [3.63, 3.8) is 0 Å². The summed E-state index contributed by atoms with van der Waals surface area (Å²) in [6.45, 7) is 0.829. The average molecular weight is 291 g/mol. The van der Waals surface area contributed by atoms with Crippen LogP contribution >= 0.6 is 11.6 Å². The van der Waals surface area contributed by atoms with Gasteiger partial charge < -0.3 is 10.6 Å². The van der Waals surface area contributed by atoms with Crippen molar-refractivity contribution in [2.45, 2.75) is 38.1 Å². The molecule has 0 spiro atoms. The number of hydrogen-bond acceptors (Lipinski definition) is 2. The minimum absolute atomic E-state index is 0.0138. The lowest BCUT2D eigenvalue weighted by atomic mass is 9.97. The summed E-state index contributed by atoms with van der Waals surface area (Å²) in [6, 6.07) is 5.26. The van der Waals surface area contributed by atoms with Crippen LogP contribution in [0.4, 0.5) is 5.69 Å². The molecule has 0 bridgehead atoms. The summed E-state index contributed by atoms with van der Waals surface area (Å²) < 4.78 is 0. The molecule has 1 atom stereocenters. The molecule has 1 heterocycles. The van der Waals surface area contributed by atoms with Crippen LogP contribution < -0.4 is 10.6 Å². The fourth-order valence-electron chi connectivity index (χ4n) is 2.94. The first-order chi connectivity index (χ1) is 9.74. The highest BCUT2D eigenvalue weighted by molar-refractivity contribution is 6.31. The van der Waals surface area contributed by atoms with E-state index in [1.54, 1.807) is 6.07 Å². The van der Waals surface area contributed by atoms with Crippen LogP contribution in [-0.4, -0.2) is 12.5 Å². The smallest absolute Gasteiger partial charge is 0.246 e. The van der Waals surface area contributed by atoms with Gasteiger partial charge in [0.15, 0.2) is 0 Å². The quantitative estimate of drug-likeness (QED) is 0.828. The van der Waals surface area contributed by atoms with E-state index in [2.05, 4.69) is 16.7 Å². The Kier molecular flexibility index (Phi) is 4.08. The Bertz CT molecular complexity index is 553. The normalized spacial score (nSPS) is 21.4. The molecule has 1 unspecified atom stereocenters. The minimum atomic E-state index is -0.270. The predicted octanol–water partition coefficient (Wildman–Crippen LogP) is 3.81. The molecule has 0 saturated carbocycles. The summed E-state index contributed by atoms with van der Waals surface area (Å²) in [5, 5.41) is 6.91. The maximum Gasteiger partial charge on any atom is 0.246 e. The van der Waals surface area contributed by atoms with Crippen molar-refractivity contribution in [3.8, 4) is 0 Å². The number of benzene rings is 1. The number of anilines is 1. The molecule has 1 aliphatic heterocycles. The van der Waals surface area contributed by atoms with Crippen molar-refractivity contribution < 1.29 is 4.79 Å². The maximum absolute atomic E-state index is 12.0. The average Bonchev–Trinajstić information content (AvgIpc) is 2.76. The second kappa shape index (κ2) is 5.98. The van der Waals surface area contributed by atoms with Gasteiger partial charge in [0, 0.05) is 16.3 Å². The number of amides is 1. The van der Waals surface area contributed by atoms with Crippen LogP contribution in [0.25, 0.3) is 0 Å². The van der Waals surface area contributed by atoms with E-state index in [-0.39, 0.29) is 11.9 Å². The second-order valence-corrected chi connectivity index (χ2v) is 5.90. The van der Waals surface area contributed by atoms with Crippen LogP contribution in [0.1, 0.15) is 43.7 Å². The van der Waals surface area contributed by atoms with E-state index in [0.717, 1.165) is 24.2 Å². The summed E-state index contributed by atoms with van der Waals surface area (Å²) in [4.78, 5) is 12.0. The molecule has 0 radical (unpaired) electrons. The van der Waals surface area contributed by atoms with E-state index >= 15 is 0 Å². The van der Waals surface area contributed by atoms with Crippen LogP contribution in [0.2, 0.25) is 5.02 Å². The standard InChI is InChI=1S/C16H19ClN2O/c17-12-6-7-14-13(10-12)15(16(20)19-14)18-9-8-11-4-2-1-3-5-11/h4,6-7,10,15,18H,1-3,5,8-9H2,(H,19,20). The molecule has 2 N–H and O–H groups in total. The molecule has 1 aromatic carbocycles. The molecule has 3 nitrogen and oxygen atoms in total. The Labute approximate surface area is 124 Å². The fourth-order valence-corrected chi connectivity index (χ4v) is 3.12. The van der Waals surface area contributed by atoms with Gasteiger partial charge in [-0.1, -0.05) is 23.3 Å². The van der Waals surface area contributed by atoms with E-state index < -0.39 is 0 Å². The zero-order valence-electron chi connectivity index (χ0n) is 11.4. The molecule has 106 valence electrons. The zero-order chi connectivity index (χ0) is 13.9. The number of fused-ring (bicyclic) bond motifs is 1. The lowest BCUT2D eigenvalue weighted by Gasteiger charge is -2.15. The largest absolute Gasteiger partial charge is 0.324 e. The minimum Gasteiger partial charge on any atom is -0.324 e. The Morgan fingerprint density at radius 2 is 2.25 bits per heavy atom. The molecule has 1 aromatic rings. The number of rotatable bonds is 4. The van der Waals surface area contributed by atoms with Gasteiger partial charge in [-0.2, -0.15) is 0 Å². The highest BCUT2D eigenvalue weighted by Crippen LogP contribution is 2.33. The molecule has 0 fully saturated rings. The number of allylic oxidation sites excluding steroid dienone is 1. The molecule has 0 saturated heterocycles.